The summed E-state index contributed by atoms with van der Waals surface area (Å²) in [5.41, 5.74) is 3.12. The molecule has 2 heterocycles. The van der Waals surface area contributed by atoms with Gasteiger partial charge in [0.15, 0.2) is 0 Å². The van der Waals surface area contributed by atoms with E-state index in [-0.39, 0.29) is 17.7 Å². The Morgan fingerprint density at radius 2 is 1.85 bits per heavy atom. The zero-order valence-electron chi connectivity index (χ0n) is 16.0. The van der Waals surface area contributed by atoms with Crippen LogP contribution in [0.25, 0.3) is 0 Å². The van der Waals surface area contributed by atoms with Crippen LogP contribution in [0.2, 0.25) is 0 Å². The van der Waals surface area contributed by atoms with Crippen molar-refractivity contribution < 1.29 is 9.59 Å². The molecule has 1 aromatic heterocycles. The second kappa shape index (κ2) is 9.15. The average Bonchev–Trinajstić information content (AvgIpc) is 3.13. The predicted molar refractivity (Wildman–Crippen MR) is 110 cm³/mol. The lowest BCUT2D eigenvalue weighted by molar-refractivity contribution is -0.126. The van der Waals surface area contributed by atoms with Crippen LogP contribution in [0.4, 0.5) is 5.69 Å². The van der Waals surface area contributed by atoms with E-state index in [9.17, 15) is 9.59 Å². The first-order valence-corrected chi connectivity index (χ1v) is 10.3. The fourth-order valence-corrected chi connectivity index (χ4v) is 4.18. The van der Waals surface area contributed by atoms with Crippen molar-refractivity contribution in [3.63, 3.8) is 0 Å². The Morgan fingerprint density at radius 1 is 1.15 bits per heavy atom. The molecule has 0 radical (unpaired) electrons. The van der Waals surface area contributed by atoms with E-state index in [1.54, 1.807) is 11.3 Å². The number of aryl methyl sites for hydroxylation is 2. The van der Waals surface area contributed by atoms with E-state index in [4.69, 9.17) is 0 Å². The molecule has 3 rings (SSSR count). The summed E-state index contributed by atoms with van der Waals surface area (Å²) in [5.74, 6) is 0.173. The number of thiophene rings is 1. The van der Waals surface area contributed by atoms with Crippen LogP contribution in [0, 0.1) is 19.8 Å². The number of likely N-dealkylation sites (tertiary alicyclic amines) is 1. The molecular formula is C21H27N3O2S. The summed E-state index contributed by atoms with van der Waals surface area (Å²) in [5, 5.41) is 8.03. The highest BCUT2D eigenvalue weighted by Crippen LogP contribution is 2.18. The third-order valence-electron chi connectivity index (χ3n) is 4.85. The van der Waals surface area contributed by atoms with Crippen LogP contribution in [0.3, 0.4) is 0 Å². The van der Waals surface area contributed by atoms with E-state index in [0.29, 0.717) is 13.1 Å². The highest BCUT2D eigenvalue weighted by atomic mass is 32.1. The molecule has 0 atom stereocenters. The molecule has 1 aliphatic rings. The zero-order valence-corrected chi connectivity index (χ0v) is 16.8. The van der Waals surface area contributed by atoms with Gasteiger partial charge in [-0.25, -0.2) is 0 Å². The van der Waals surface area contributed by atoms with E-state index >= 15 is 0 Å². The number of nitrogens with one attached hydrogen (secondary N) is 2. The number of carbonyl (C=O) groups is 2. The molecule has 0 saturated carbocycles. The van der Waals surface area contributed by atoms with Crippen molar-refractivity contribution in [3.05, 3.63) is 51.7 Å². The number of hydrogen-bond donors (Lipinski definition) is 2. The van der Waals surface area contributed by atoms with Crippen molar-refractivity contribution in [1.29, 1.82) is 0 Å². The van der Waals surface area contributed by atoms with Crippen LogP contribution in [0.1, 0.15) is 28.8 Å². The quantitative estimate of drug-likeness (QED) is 0.802. The van der Waals surface area contributed by atoms with Gasteiger partial charge in [0.25, 0.3) is 0 Å². The summed E-state index contributed by atoms with van der Waals surface area (Å²) in [6, 6.07) is 10.1. The van der Waals surface area contributed by atoms with Gasteiger partial charge >= 0.3 is 0 Å². The van der Waals surface area contributed by atoms with Gasteiger partial charge in [0, 0.05) is 16.5 Å². The van der Waals surface area contributed by atoms with Gasteiger partial charge in [-0.05, 0) is 74.5 Å². The Bertz CT molecular complexity index is 760. The lowest BCUT2D eigenvalue weighted by atomic mass is 9.96. The smallest absolute Gasteiger partial charge is 0.238 e. The number of anilines is 1. The second-order valence-corrected chi connectivity index (χ2v) is 8.30. The lowest BCUT2D eigenvalue weighted by Gasteiger charge is -2.30. The third kappa shape index (κ3) is 5.91. The molecule has 27 heavy (non-hydrogen) atoms. The molecule has 2 aromatic rings. The molecule has 0 aliphatic carbocycles. The first-order chi connectivity index (χ1) is 13.0. The Kier molecular flexibility index (Phi) is 6.63. The van der Waals surface area contributed by atoms with Gasteiger partial charge < -0.3 is 10.6 Å². The first-order valence-electron chi connectivity index (χ1n) is 9.40. The Balaban J connectivity index is 1.40. The van der Waals surface area contributed by atoms with E-state index in [0.717, 1.165) is 42.7 Å². The molecule has 0 spiro atoms. The van der Waals surface area contributed by atoms with Crippen LogP contribution < -0.4 is 10.6 Å². The van der Waals surface area contributed by atoms with Crippen LogP contribution in [0.5, 0.6) is 0 Å². The third-order valence-corrected chi connectivity index (χ3v) is 5.72. The largest absolute Gasteiger partial charge is 0.351 e. The van der Waals surface area contributed by atoms with Gasteiger partial charge in [0.1, 0.15) is 0 Å². The minimum absolute atomic E-state index is 0.000553. The molecule has 144 valence electrons. The Labute approximate surface area is 164 Å². The molecule has 1 aliphatic heterocycles. The molecular weight excluding hydrogens is 358 g/mol. The molecule has 0 unspecified atom stereocenters. The number of nitrogens with zero attached hydrogens (tertiary/aromatic N) is 1. The van der Waals surface area contributed by atoms with Crippen LogP contribution in [-0.4, -0.2) is 36.3 Å². The molecule has 1 saturated heterocycles. The van der Waals surface area contributed by atoms with Crippen molar-refractivity contribution in [2.45, 2.75) is 33.2 Å². The molecule has 0 bridgehead atoms. The van der Waals surface area contributed by atoms with Crippen LogP contribution in [-0.2, 0) is 16.1 Å². The maximum absolute atomic E-state index is 12.3. The summed E-state index contributed by atoms with van der Waals surface area (Å²) in [6.45, 7) is 6.58. The summed E-state index contributed by atoms with van der Waals surface area (Å²) >= 11 is 1.65. The van der Waals surface area contributed by atoms with Crippen molar-refractivity contribution in [2.24, 2.45) is 5.92 Å². The van der Waals surface area contributed by atoms with Crippen molar-refractivity contribution in [2.75, 3.05) is 25.0 Å². The van der Waals surface area contributed by atoms with Crippen LogP contribution in [0.15, 0.2) is 35.7 Å². The zero-order chi connectivity index (χ0) is 19.2. The maximum atomic E-state index is 12.3. The first kappa shape index (κ1) is 19.6. The Morgan fingerprint density at radius 3 is 2.48 bits per heavy atom. The minimum atomic E-state index is 0.000553. The Hall–Kier alpha value is -2.18. The van der Waals surface area contributed by atoms with E-state index in [1.165, 1.54) is 4.88 Å². The SMILES string of the molecule is Cc1cc(C)cc(NC(=O)CN2CCC(C(=O)NCc3cccs3)CC2)c1. The molecule has 2 amide bonds. The van der Waals surface area contributed by atoms with Gasteiger partial charge in [-0.2, -0.15) is 0 Å². The standard InChI is InChI=1S/C21H27N3O2S/c1-15-10-16(2)12-18(11-15)23-20(25)14-24-7-5-17(6-8-24)21(26)22-13-19-4-3-9-27-19/h3-4,9-12,17H,5-8,13-14H2,1-2H3,(H,22,26)(H,23,25). The maximum Gasteiger partial charge on any atom is 0.238 e. The second-order valence-electron chi connectivity index (χ2n) is 7.27. The van der Waals surface area contributed by atoms with E-state index in [2.05, 4.69) is 21.6 Å². The normalized spacial score (nSPS) is 15.5. The van der Waals surface area contributed by atoms with E-state index < -0.39 is 0 Å². The topological polar surface area (TPSA) is 61.4 Å². The summed E-state index contributed by atoms with van der Waals surface area (Å²) in [4.78, 5) is 27.9. The molecule has 5 nitrogen and oxygen atoms in total. The van der Waals surface area contributed by atoms with Crippen molar-refractivity contribution in [3.8, 4) is 0 Å². The summed E-state index contributed by atoms with van der Waals surface area (Å²) < 4.78 is 0. The summed E-state index contributed by atoms with van der Waals surface area (Å²) in [6.07, 6.45) is 1.60. The van der Waals surface area contributed by atoms with Crippen molar-refractivity contribution in [1.82, 2.24) is 10.2 Å². The molecule has 1 fully saturated rings. The van der Waals surface area contributed by atoms with Crippen molar-refractivity contribution >= 4 is 28.8 Å². The van der Waals surface area contributed by atoms with Gasteiger partial charge in [-0.3, -0.25) is 14.5 Å². The van der Waals surface area contributed by atoms with Gasteiger partial charge in [-0.15, -0.1) is 11.3 Å². The number of hydrogen-bond acceptors (Lipinski definition) is 4. The number of piperidine rings is 1. The molecule has 1 aromatic carbocycles. The number of benzene rings is 1. The predicted octanol–water partition coefficient (Wildman–Crippen LogP) is 3.33. The van der Waals surface area contributed by atoms with Crippen LogP contribution >= 0.6 is 11.3 Å². The number of amides is 2. The van der Waals surface area contributed by atoms with Gasteiger partial charge in [-0.1, -0.05) is 12.1 Å². The number of carbonyl (C=O) groups excluding carboxylic acids is 2. The fourth-order valence-electron chi connectivity index (χ4n) is 3.54. The molecule has 2 N–H and O–H groups in total. The number of rotatable bonds is 6. The average molecular weight is 386 g/mol. The monoisotopic (exact) mass is 385 g/mol. The fraction of sp³-hybridized carbons (Fsp3) is 0.429. The van der Waals surface area contributed by atoms with Gasteiger partial charge in [0.2, 0.25) is 11.8 Å². The minimum Gasteiger partial charge on any atom is -0.351 e. The highest BCUT2D eigenvalue weighted by molar-refractivity contribution is 7.09. The summed E-state index contributed by atoms with van der Waals surface area (Å²) in [7, 11) is 0. The van der Waals surface area contributed by atoms with E-state index in [1.807, 2.05) is 43.5 Å². The van der Waals surface area contributed by atoms with Gasteiger partial charge in [0.05, 0.1) is 13.1 Å². The lowest BCUT2D eigenvalue weighted by Crippen LogP contribution is -2.43. The highest BCUT2D eigenvalue weighted by Gasteiger charge is 2.25. The molecule has 6 heteroatoms.